The largest absolute Gasteiger partial charge is 0.396 e. The van der Waals surface area contributed by atoms with E-state index in [2.05, 4.69) is 15.3 Å². The third-order valence-corrected chi connectivity index (χ3v) is 3.43. The zero-order valence-corrected chi connectivity index (χ0v) is 9.47. The van der Waals surface area contributed by atoms with Gasteiger partial charge in [-0.1, -0.05) is 12.8 Å². The normalized spacial score (nSPS) is 25.3. The number of anilines is 1. The zero-order valence-electron chi connectivity index (χ0n) is 9.47. The Morgan fingerprint density at radius 3 is 2.81 bits per heavy atom. The quantitative estimate of drug-likeness (QED) is 0.812. The fourth-order valence-electron chi connectivity index (χ4n) is 2.42. The van der Waals surface area contributed by atoms with Crippen molar-refractivity contribution >= 4 is 5.82 Å². The number of aromatic nitrogens is 2. The first-order valence-electron chi connectivity index (χ1n) is 6.01. The molecule has 0 spiro atoms. The Kier molecular flexibility index (Phi) is 4.10. The van der Waals surface area contributed by atoms with Crippen LogP contribution < -0.4 is 5.32 Å². The molecule has 2 rings (SSSR count). The molecule has 1 aromatic heterocycles. The molecule has 4 nitrogen and oxygen atoms in total. The summed E-state index contributed by atoms with van der Waals surface area (Å²) in [5.74, 6) is 1.91. The van der Waals surface area contributed by atoms with E-state index in [-0.39, 0.29) is 0 Å². The summed E-state index contributed by atoms with van der Waals surface area (Å²) in [7, 11) is 0. The SMILES string of the molecule is OCC1CCCCC1CNc1ccncn1. The van der Waals surface area contributed by atoms with Gasteiger partial charge in [-0.2, -0.15) is 0 Å². The lowest BCUT2D eigenvalue weighted by atomic mass is 9.79. The van der Waals surface area contributed by atoms with E-state index in [1.165, 1.54) is 19.3 Å². The van der Waals surface area contributed by atoms with Gasteiger partial charge in [0.15, 0.2) is 0 Å². The summed E-state index contributed by atoms with van der Waals surface area (Å²) in [6.07, 6.45) is 8.20. The predicted molar refractivity (Wildman–Crippen MR) is 63.1 cm³/mol. The van der Waals surface area contributed by atoms with Crippen LogP contribution in [0.1, 0.15) is 25.7 Å². The third-order valence-electron chi connectivity index (χ3n) is 3.43. The van der Waals surface area contributed by atoms with Crippen molar-refractivity contribution < 1.29 is 5.11 Å². The first-order chi connectivity index (χ1) is 7.90. The molecule has 1 aliphatic carbocycles. The number of aliphatic hydroxyl groups excluding tert-OH is 1. The van der Waals surface area contributed by atoms with E-state index in [1.807, 2.05) is 6.07 Å². The van der Waals surface area contributed by atoms with Crippen LogP contribution in [0.4, 0.5) is 5.82 Å². The van der Waals surface area contributed by atoms with E-state index in [4.69, 9.17) is 0 Å². The molecule has 88 valence electrons. The van der Waals surface area contributed by atoms with Crippen molar-refractivity contribution in [1.29, 1.82) is 0 Å². The first-order valence-corrected chi connectivity index (χ1v) is 6.01. The van der Waals surface area contributed by atoms with Crippen LogP contribution in [0.5, 0.6) is 0 Å². The molecular formula is C12H19N3O. The molecule has 1 aromatic rings. The second kappa shape index (κ2) is 5.80. The number of nitrogens with zero attached hydrogens (tertiary/aromatic N) is 2. The lowest BCUT2D eigenvalue weighted by Crippen LogP contribution is -2.28. The van der Waals surface area contributed by atoms with Crippen molar-refractivity contribution in [2.24, 2.45) is 11.8 Å². The number of hydrogen-bond donors (Lipinski definition) is 2. The number of nitrogens with one attached hydrogen (secondary N) is 1. The van der Waals surface area contributed by atoms with Crippen LogP contribution in [-0.2, 0) is 0 Å². The van der Waals surface area contributed by atoms with E-state index >= 15 is 0 Å². The minimum Gasteiger partial charge on any atom is -0.396 e. The van der Waals surface area contributed by atoms with Gasteiger partial charge < -0.3 is 10.4 Å². The molecule has 1 aliphatic rings. The van der Waals surface area contributed by atoms with Gasteiger partial charge in [-0.25, -0.2) is 9.97 Å². The molecule has 1 saturated carbocycles. The molecule has 0 bridgehead atoms. The van der Waals surface area contributed by atoms with Gasteiger partial charge in [0.2, 0.25) is 0 Å². The van der Waals surface area contributed by atoms with Gasteiger partial charge in [0.05, 0.1) is 0 Å². The highest BCUT2D eigenvalue weighted by atomic mass is 16.3. The topological polar surface area (TPSA) is 58.0 Å². The van der Waals surface area contributed by atoms with Crippen LogP contribution in [0.25, 0.3) is 0 Å². The monoisotopic (exact) mass is 221 g/mol. The molecule has 0 amide bonds. The van der Waals surface area contributed by atoms with Crippen molar-refractivity contribution in [2.75, 3.05) is 18.5 Å². The van der Waals surface area contributed by atoms with Gasteiger partial charge in [-0.15, -0.1) is 0 Å². The standard InChI is InChI=1S/C12H19N3O/c16-8-11-4-2-1-3-10(11)7-14-12-5-6-13-9-15-12/h5-6,9-11,16H,1-4,7-8H2,(H,13,14,15). The van der Waals surface area contributed by atoms with Gasteiger partial charge in [0, 0.05) is 19.3 Å². The van der Waals surface area contributed by atoms with E-state index < -0.39 is 0 Å². The molecule has 0 radical (unpaired) electrons. The third kappa shape index (κ3) is 2.92. The maximum atomic E-state index is 9.31. The van der Waals surface area contributed by atoms with E-state index in [0.717, 1.165) is 18.8 Å². The van der Waals surface area contributed by atoms with Crippen molar-refractivity contribution in [2.45, 2.75) is 25.7 Å². The van der Waals surface area contributed by atoms with Crippen molar-refractivity contribution in [3.63, 3.8) is 0 Å². The molecule has 1 heterocycles. The number of hydrogen-bond acceptors (Lipinski definition) is 4. The Morgan fingerprint density at radius 2 is 2.12 bits per heavy atom. The van der Waals surface area contributed by atoms with Gasteiger partial charge >= 0.3 is 0 Å². The molecule has 0 aromatic carbocycles. The van der Waals surface area contributed by atoms with Crippen LogP contribution in [0.15, 0.2) is 18.6 Å². The lowest BCUT2D eigenvalue weighted by Gasteiger charge is -2.30. The average molecular weight is 221 g/mol. The van der Waals surface area contributed by atoms with Crippen molar-refractivity contribution in [3.05, 3.63) is 18.6 Å². The summed E-state index contributed by atoms with van der Waals surface area (Å²) in [6, 6.07) is 1.87. The second-order valence-electron chi connectivity index (χ2n) is 4.46. The van der Waals surface area contributed by atoms with Gasteiger partial charge in [0.25, 0.3) is 0 Å². The highest BCUT2D eigenvalue weighted by Gasteiger charge is 2.23. The summed E-state index contributed by atoms with van der Waals surface area (Å²) in [5.41, 5.74) is 0. The maximum Gasteiger partial charge on any atom is 0.129 e. The molecule has 2 atom stereocenters. The van der Waals surface area contributed by atoms with E-state index in [0.29, 0.717) is 18.4 Å². The van der Waals surface area contributed by atoms with Crippen LogP contribution in [0.3, 0.4) is 0 Å². The Labute approximate surface area is 96.1 Å². The number of rotatable bonds is 4. The smallest absolute Gasteiger partial charge is 0.129 e. The summed E-state index contributed by atoms with van der Waals surface area (Å²) in [5, 5.41) is 12.6. The van der Waals surface area contributed by atoms with E-state index in [1.54, 1.807) is 12.5 Å². The summed E-state index contributed by atoms with van der Waals surface area (Å²) < 4.78 is 0. The Hall–Kier alpha value is -1.16. The summed E-state index contributed by atoms with van der Waals surface area (Å²) in [4.78, 5) is 8.01. The number of aliphatic hydroxyl groups is 1. The summed E-state index contributed by atoms with van der Waals surface area (Å²) in [6.45, 7) is 1.22. The fraction of sp³-hybridized carbons (Fsp3) is 0.667. The van der Waals surface area contributed by atoms with Crippen LogP contribution in [-0.4, -0.2) is 28.2 Å². The lowest BCUT2D eigenvalue weighted by molar-refractivity contribution is 0.141. The second-order valence-corrected chi connectivity index (χ2v) is 4.46. The Morgan fingerprint density at radius 1 is 1.31 bits per heavy atom. The van der Waals surface area contributed by atoms with Gasteiger partial charge in [-0.3, -0.25) is 0 Å². The van der Waals surface area contributed by atoms with Crippen LogP contribution in [0.2, 0.25) is 0 Å². The first kappa shape index (κ1) is 11.3. The predicted octanol–water partition coefficient (Wildman–Crippen LogP) is 1.69. The van der Waals surface area contributed by atoms with Crippen LogP contribution in [0, 0.1) is 11.8 Å². The molecule has 0 saturated heterocycles. The minimum atomic E-state index is 0.316. The molecule has 0 aliphatic heterocycles. The molecular weight excluding hydrogens is 202 g/mol. The van der Waals surface area contributed by atoms with E-state index in [9.17, 15) is 5.11 Å². The zero-order chi connectivity index (χ0) is 11.2. The highest BCUT2D eigenvalue weighted by molar-refractivity contribution is 5.31. The summed E-state index contributed by atoms with van der Waals surface area (Å²) >= 11 is 0. The van der Waals surface area contributed by atoms with Gasteiger partial charge in [0.1, 0.15) is 12.1 Å². The molecule has 16 heavy (non-hydrogen) atoms. The maximum absolute atomic E-state index is 9.31. The molecule has 1 fully saturated rings. The van der Waals surface area contributed by atoms with Gasteiger partial charge in [-0.05, 0) is 30.7 Å². The average Bonchev–Trinajstić information content (AvgIpc) is 2.38. The molecule has 4 heteroatoms. The minimum absolute atomic E-state index is 0.316. The van der Waals surface area contributed by atoms with Crippen molar-refractivity contribution in [1.82, 2.24) is 9.97 Å². The Bertz CT molecular complexity index is 304. The molecule has 2 unspecified atom stereocenters. The molecule has 2 N–H and O–H groups in total. The fourth-order valence-corrected chi connectivity index (χ4v) is 2.42. The van der Waals surface area contributed by atoms with Crippen molar-refractivity contribution in [3.8, 4) is 0 Å². The Balaban J connectivity index is 1.84. The highest BCUT2D eigenvalue weighted by Crippen LogP contribution is 2.29. The van der Waals surface area contributed by atoms with Crippen LogP contribution >= 0.6 is 0 Å².